The van der Waals surface area contributed by atoms with Crippen LogP contribution in [-0.2, 0) is 6.54 Å². The molecule has 2 rings (SSSR count). The van der Waals surface area contributed by atoms with E-state index < -0.39 is 17.6 Å². The number of alkyl halides is 3. The smallest absolute Gasteiger partial charge is 0.258 e. The van der Waals surface area contributed by atoms with Crippen LogP contribution < -0.4 is 0 Å². The molecule has 2 aromatic rings. The molecule has 0 aromatic heterocycles. The summed E-state index contributed by atoms with van der Waals surface area (Å²) in [4.78, 5) is 10.6. The molecule has 0 fully saturated rings. The minimum atomic E-state index is -4.33. The SMILES string of the molecule is O=[N+]([O-])c1ccc(SN(Cc2ccccc2)CC(F)(F)F)cc1. The monoisotopic (exact) mass is 342 g/mol. The highest BCUT2D eigenvalue weighted by molar-refractivity contribution is 7.97. The zero-order valence-corrected chi connectivity index (χ0v) is 12.7. The molecule has 0 spiro atoms. The molecule has 0 bridgehead atoms. The van der Waals surface area contributed by atoms with Crippen LogP contribution in [0.1, 0.15) is 5.56 Å². The number of hydrogen-bond acceptors (Lipinski definition) is 4. The van der Waals surface area contributed by atoms with Crippen molar-refractivity contribution in [1.29, 1.82) is 0 Å². The molecule has 0 atom stereocenters. The molecule has 8 heteroatoms. The van der Waals surface area contributed by atoms with E-state index in [1.807, 2.05) is 0 Å². The molecule has 0 aliphatic heterocycles. The number of nitro benzene ring substituents is 1. The number of rotatable bonds is 6. The standard InChI is InChI=1S/C15H13F3N2O2S/c16-15(17,18)11-19(10-12-4-2-1-3-5-12)23-14-8-6-13(7-9-14)20(21)22/h1-9H,10-11H2. The highest BCUT2D eigenvalue weighted by Crippen LogP contribution is 2.30. The largest absolute Gasteiger partial charge is 0.402 e. The van der Waals surface area contributed by atoms with Crippen molar-refractivity contribution < 1.29 is 18.1 Å². The van der Waals surface area contributed by atoms with Gasteiger partial charge in [0.25, 0.3) is 5.69 Å². The summed E-state index contributed by atoms with van der Waals surface area (Å²) < 4.78 is 39.4. The Morgan fingerprint density at radius 2 is 1.65 bits per heavy atom. The maximum absolute atomic E-state index is 12.7. The lowest BCUT2D eigenvalue weighted by Crippen LogP contribution is -2.28. The first kappa shape index (κ1) is 17.3. The van der Waals surface area contributed by atoms with Gasteiger partial charge in [0, 0.05) is 23.6 Å². The van der Waals surface area contributed by atoms with Gasteiger partial charge in [-0.25, -0.2) is 4.31 Å². The minimum Gasteiger partial charge on any atom is -0.258 e. The van der Waals surface area contributed by atoms with E-state index in [1.54, 1.807) is 30.3 Å². The average molecular weight is 342 g/mol. The molecule has 0 amide bonds. The van der Waals surface area contributed by atoms with E-state index in [1.165, 1.54) is 28.6 Å². The Morgan fingerprint density at radius 3 is 2.17 bits per heavy atom. The van der Waals surface area contributed by atoms with Crippen molar-refractivity contribution in [2.45, 2.75) is 17.6 Å². The van der Waals surface area contributed by atoms with Gasteiger partial charge in [0.05, 0.1) is 4.92 Å². The van der Waals surface area contributed by atoms with Crippen molar-refractivity contribution in [1.82, 2.24) is 4.31 Å². The summed E-state index contributed by atoms with van der Waals surface area (Å²) in [5, 5.41) is 10.6. The molecule has 0 saturated carbocycles. The van der Waals surface area contributed by atoms with Crippen LogP contribution in [0, 0.1) is 10.1 Å². The number of benzene rings is 2. The maximum atomic E-state index is 12.7. The Balaban J connectivity index is 2.11. The molecular weight excluding hydrogens is 329 g/mol. The van der Waals surface area contributed by atoms with Crippen LogP contribution in [0.2, 0.25) is 0 Å². The van der Waals surface area contributed by atoms with E-state index in [-0.39, 0.29) is 12.2 Å². The Hall–Kier alpha value is -2.06. The van der Waals surface area contributed by atoms with Crippen LogP contribution in [0.5, 0.6) is 0 Å². The maximum Gasteiger partial charge on any atom is 0.402 e. The average Bonchev–Trinajstić information content (AvgIpc) is 2.47. The number of nitro groups is 1. The first-order chi connectivity index (χ1) is 10.8. The minimum absolute atomic E-state index is 0.0974. The second-order valence-electron chi connectivity index (χ2n) is 4.74. The van der Waals surface area contributed by atoms with E-state index in [0.717, 1.165) is 17.5 Å². The molecule has 0 saturated heterocycles. The number of hydrogen-bond donors (Lipinski definition) is 0. The fraction of sp³-hybridized carbons (Fsp3) is 0.200. The van der Waals surface area contributed by atoms with Crippen LogP contribution in [0.3, 0.4) is 0 Å². The van der Waals surface area contributed by atoms with Crippen LogP contribution in [-0.4, -0.2) is 21.9 Å². The highest BCUT2D eigenvalue weighted by Gasteiger charge is 2.31. The summed E-state index contributed by atoms with van der Waals surface area (Å²) in [7, 11) is 0. The third kappa shape index (κ3) is 5.91. The number of halogens is 3. The second kappa shape index (κ2) is 7.47. The lowest BCUT2D eigenvalue weighted by atomic mass is 10.2. The van der Waals surface area contributed by atoms with Crippen molar-refractivity contribution in [3.8, 4) is 0 Å². The first-order valence-corrected chi connectivity index (χ1v) is 7.39. The molecule has 0 N–H and O–H groups in total. The first-order valence-electron chi connectivity index (χ1n) is 6.61. The van der Waals surface area contributed by atoms with Gasteiger partial charge in [0.1, 0.15) is 6.54 Å². The molecule has 0 aliphatic carbocycles. The van der Waals surface area contributed by atoms with Crippen LogP contribution in [0.25, 0.3) is 0 Å². The van der Waals surface area contributed by atoms with E-state index in [0.29, 0.717) is 4.90 Å². The molecule has 122 valence electrons. The zero-order chi connectivity index (χ0) is 16.9. The van der Waals surface area contributed by atoms with Crippen molar-refractivity contribution in [3.05, 3.63) is 70.3 Å². The van der Waals surface area contributed by atoms with Gasteiger partial charge in [-0.3, -0.25) is 10.1 Å². The summed E-state index contributed by atoms with van der Waals surface area (Å²) in [6, 6.07) is 14.2. The molecule has 0 heterocycles. The molecule has 4 nitrogen and oxygen atoms in total. The molecule has 2 aromatic carbocycles. The van der Waals surface area contributed by atoms with Gasteiger partial charge in [-0.15, -0.1) is 0 Å². The highest BCUT2D eigenvalue weighted by atomic mass is 32.2. The summed E-state index contributed by atoms with van der Waals surface area (Å²) in [5.74, 6) is 0. The number of non-ortho nitro benzene ring substituents is 1. The van der Waals surface area contributed by atoms with E-state index >= 15 is 0 Å². The van der Waals surface area contributed by atoms with E-state index in [2.05, 4.69) is 0 Å². The zero-order valence-electron chi connectivity index (χ0n) is 11.9. The van der Waals surface area contributed by atoms with E-state index in [4.69, 9.17) is 0 Å². The third-order valence-corrected chi connectivity index (χ3v) is 3.84. The van der Waals surface area contributed by atoms with Gasteiger partial charge in [0.15, 0.2) is 0 Å². The van der Waals surface area contributed by atoms with E-state index in [9.17, 15) is 23.3 Å². The summed E-state index contributed by atoms with van der Waals surface area (Å²) in [6.45, 7) is -0.967. The topological polar surface area (TPSA) is 46.4 Å². The molecule has 0 aliphatic rings. The summed E-state index contributed by atoms with van der Waals surface area (Å²) >= 11 is 0.922. The normalized spacial score (nSPS) is 11.7. The number of nitrogens with zero attached hydrogens (tertiary/aromatic N) is 2. The van der Waals surface area contributed by atoms with Gasteiger partial charge in [-0.2, -0.15) is 13.2 Å². The molecule has 0 unspecified atom stereocenters. The predicted octanol–water partition coefficient (Wildman–Crippen LogP) is 4.67. The molecule has 23 heavy (non-hydrogen) atoms. The predicted molar refractivity (Wildman–Crippen MR) is 81.9 cm³/mol. The Morgan fingerprint density at radius 1 is 1.04 bits per heavy atom. The van der Waals surface area contributed by atoms with Crippen LogP contribution in [0.4, 0.5) is 18.9 Å². The van der Waals surface area contributed by atoms with Crippen molar-refractivity contribution in [2.24, 2.45) is 0 Å². The van der Waals surface area contributed by atoms with Crippen molar-refractivity contribution >= 4 is 17.6 Å². The summed E-state index contributed by atoms with van der Waals surface area (Å²) in [5.41, 5.74) is 0.658. The fourth-order valence-electron chi connectivity index (χ4n) is 1.89. The van der Waals surface area contributed by atoms with Gasteiger partial charge in [0.2, 0.25) is 0 Å². The van der Waals surface area contributed by atoms with Crippen molar-refractivity contribution in [2.75, 3.05) is 6.54 Å². The quantitative estimate of drug-likeness (QED) is 0.435. The third-order valence-electron chi connectivity index (χ3n) is 2.84. The van der Waals surface area contributed by atoms with Gasteiger partial charge in [-0.1, -0.05) is 30.3 Å². The Kier molecular flexibility index (Phi) is 5.62. The summed E-state index contributed by atoms with van der Waals surface area (Å²) in [6.07, 6.45) is -4.33. The Bertz CT molecular complexity index is 648. The van der Waals surface area contributed by atoms with Gasteiger partial charge >= 0.3 is 6.18 Å². The lowest BCUT2D eigenvalue weighted by molar-refractivity contribution is -0.384. The van der Waals surface area contributed by atoms with Gasteiger partial charge in [-0.05, 0) is 29.6 Å². The second-order valence-corrected chi connectivity index (χ2v) is 5.91. The fourth-order valence-corrected chi connectivity index (χ4v) is 2.87. The van der Waals surface area contributed by atoms with Crippen LogP contribution in [0.15, 0.2) is 59.5 Å². The van der Waals surface area contributed by atoms with Crippen molar-refractivity contribution in [3.63, 3.8) is 0 Å². The Labute approximate surface area is 135 Å². The lowest BCUT2D eigenvalue weighted by Gasteiger charge is -2.22. The molecular formula is C15H13F3N2O2S. The van der Waals surface area contributed by atoms with Crippen LogP contribution >= 0.6 is 11.9 Å². The molecule has 0 radical (unpaired) electrons. The van der Waals surface area contributed by atoms with Gasteiger partial charge < -0.3 is 0 Å².